The summed E-state index contributed by atoms with van der Waals surface area (Å²) in [7, 11) is 0. The Labute approximate surface area is 119 Å². The van der Waals surface area contributed by atoms with Crippen LogP contribution in [0.2, 0.25) is 0 Å². The summed E-state index contributed by atoms with van der Waals surface area (Å²) in [5.74, 6) is 0.220. The molecule has 106 valence electrons. The van der Waals surface area contributed by atoms with E-state index < -0.39 is 0 Å². The van der Waals surface area contributed by atoms with E-state index in [1.807, 2.05) is 0 Å². The third-order valence-electron chi connectivity index (χ3n) is 3.99. The number of hydrogen-bond donors (Lipinski definition) is 2. The second-order valence-corrected chi connectivity index (χ2v) is 6.92. The predicted molar refractivity (Wildman–Crippen MR) is 80.4 cm³/mol. The van der Waals surface area contributed by atoms with Crippen LogP contribution in [0.1, 0.15) is 48.9 Å². The van der Waals surface area contributed by atoms with Crippen LogP contribution in [-0.2, 0) is 4.79 Å². The molecule has 2 N–H and O–H groups in total. The molecule has 0 bridgehead atoms. The maximum atomic E-state index is 12.6. The van der Waals surface area contributed by atoms with Crippen molar-refractivity contribution in [1.29, 1.82) is 0 Å². The summed E-state index contributed by atoms with van der Waals surface area (Å²) in [6, 6.07) is 4.34. The average molecular weight is 280 g/mol. The van der Waals surface area contributed by atoms with Gasteiger partial charge in [0.1, 0.15) is 0 Å². The van der Waals surface area contributed by atoms with Crippen molar-refractivity contribution in [2.24, 2.45) is 5.41 Å². The topological polar surface area (TPSA) is 41.1 Å². The number of amides is 1. The zero-order valence-electron chi connectivity index (χ0n) is 12.1. The zero-order chi connectivity index (χ0) is 13.9. The number of hydrogen-bond acceptors (Lipinski definition) is 3. The minimum Gasteiger partial charge on any atom is -0.348 e. The van der Waals surface area contributed by atoms with Gasteiger partial charge in [-0.15, -0.1) is 11.3 Å². The average Bonchev–Trinajstić information content (AvgIpc) is 2.99. The minimum absolute atomic E-state index is 0.112. The van der Waals surface area contributed by atoms with Gasteiger partial charge in [-0.3, -0.25) is 4.79 Å². The highest BCUT2D eigenvalue weighted by Gasteiger charge is 2.40. The highest BCUT2D eigenvalue weighted by Crippen LogP contribution is 2.32. The molecule has 2 atom stereocenters. The first-order valence-corrected chi connectivity index (χ1v) is 7.97. The third-order valence-corrected chi connectivity index (χ3v) is 5.17. The Balaban J connectivity index is 2.03. The van der Waals surface area contributed by atoms with Crippen LogP contribution >= 0.6 is 11.3 Å². The fourth-order valence-electron chi connectivity index (χ4n) is 2.85. The van der Waals surface area contributed by atoms with E-state index >= 15 is 0 Å². The number of nitrogens with one attached hydrogen (secondary N) is 2. The summed E-state index contributed by atoms with van der Waals surface area (Å²) in [5.41, 5.74) is -0.185. The van der Waals surface area contributed by atoms with Gasteiger partial charge in [0.15, 0.2) is 0 Å². The standard InChI is InChI=1S/C15H24N2OS/c1-4-7-15(8-9-16-10-15)14(18)17-12(3)13-6-5-11(2)19-13/h5-6,12,16H,4,7-10H2,1-3H3,(H,17,18). The maximum Gasteiger partial charge on any atom is 0.228 e. The molecule has 1 aliphatic heterocycles. The van der Waals surface area contributed by atoms with Crippen molar-refractivity contribution in [2.75, 3.05) is 13.1 Å². The van der Waals surface area contributed by atoms with Gasteiger partial charge in [0, 0.05) is 16.3 Å². The van der Waals surface area contributed by atoms with Crippen molar-refractivity contribution in [3.63, 3.8) is 0 Å². The molecule has 0 aliphatic carbocycles. The number of carbonyl (C=O) groups excluding carboxylic acids is 1. The summed E-state index contributed by atoms with van der Waals surface area (Å²) >= 11 is 1.76. The molecule has 0 radical (unpaired) electrons. The van der Waals surface area contributed by atoms with E-state index in [2.05, 4.69) is 43.5 Å². The molecule has 1 aromatic rings. The first kappa shape index (κ1) is 14.5. The molecule has 1 aromatic heterocycles. The van der Waals surface area contributed by atoms with Gasteiger partial charge in [-0.2, -0.15) is 0 Å². The van der Waals surface area contributed by atoms with Crippen molar-refractivity contribution in [3.05, 3.63) is 21.9 Å². The SMILES string of the molecule is CCCC1(C(=O)NC(C)c2ccc(C)s2)CCNC1. The number of aryl methyl sites for hydroxylation is 1. The Bertz CT molecular complexity index is 435. The lowest BCUT2D eigenvalue weighted by atomic mass is 9.81. The van der Waals surface area contributed by atoms with Gasteiger partial charge in [0.25, 0.3) is 0 Å². The minimum atomic E-state index is -0.185. The Kier molecular flexibility index (Phi) is 4.63. The molecule has 0 saturated carbocycles. The van der Waals surface area contributed by atoms with E-state index in [0.29, 0.717) is 0 Å². The van der Waals surface area contributed by atoms with Crippen LogP contribution < -0.4 is 10.6 Å². The number of carbonyl (C=O) groups is 1. The number of rotatable bonds is 5. The van der Waals surface area contributed by atoms with Crippen molar-refractivity contribution in [2.45, 2.75) is 46.1 Å². The second kappa shape index (κ2) is 6.06. The molecule has 2 heterocycles. The van der Waals surface area contributed by atoms with Crippen LogP contribution in [0, 0.1) is 12.3 Å². The molecule has 0 aromatic carbocycles. The lowest BCUT2D eigenvalue weighted by molar-refractivity contribution is -0.131. The summed E-state index contributed by atoms with van der Waals surface area (Å²) in [6.07, 6.45) is 2.99. The first-order valence-electron chi connectivity index (χ1n) is 7.15. The molecule has 0 spiro atoms. The van der Waals surface area contributed by atoms with Gasteiger partial charge in [-0.1, -0.05) is 13.3 Å². The van der Waals surface area contributed by atoms with Crippen LogP contribution in [0.25, 0.3) is 0 Å². The zero-order valence-corrected chi connectivity index (χ0v) is 12.9. The van der Waals surface area contributed by atoms with Crippen molar-refractivity contribution in [3.8, 4) is 0 Å². The Hall–Kier alpha value is -0.870. The molecule has 1 fully saturated rings. The largest absolute Gasteiger partial charge is 0.348 e. The van der Waals surface area contributed by atoms with Gasteiger partial charge in [-0.25, -0.2) is 0 Å². The van der Waals surface area contributed by atoms with Crippen LogP contribution in [-0.4, -0.2) is 19.0 Å². The molecule has 2 rings (SSSR count). The predicted octanol–water partition coefficient (Wildman–Crippen LogP) is 3.01. The molecule has 4 heteroatoms. The van der Waals surface area contributed by atoms with E-state index in [-0.39, 0.29) is 17.4 Å². The Morgan fingerprint density at radius 3 is 2.89 bits per heavy atom. The first-order chi connectivity index (χ1) is 9.07. The lowest BCUT2D eigenvalue weighted by Gasteiger charge is -2.28. The highest BCUT2D eigenvalue weighted by atomic mass is 32.1. The van der Waals surface area contributed by atoms with Gasteiger partial charge < -0.3 is 10.6 Å². The quantitative estimate of drug-likeness (QED) is 0.870. The smallest absolute Gasteiger partial charge is 0.228 e. The molecule has 1 aliphatic rings. The number of thiophene rings is 1. The van der Waals surface area contributed by atoms with Crippen molar-refractivity contribution in [1.82, 2.24) is 10.6 Å². The van der Waals surface area contributed by atoms with E-state index in [0.717, 1.165) is 32.4 Å². The molecule has 2 unspecified atom stereocenters. The van der Waals surface area contributed by atoms with E-state index in [1.165, 1.54) is 9.75 Å². The second-order valence-electron chi connectivity index (χ2n) is 5.60. The Morgan fingerprint density at radius 2 is 2.37 bits per heavy atom. The molecule has 19 heavy (non-hydrogen) atoms. The molecule has 1 saturated heterocycles. The summed E-state index contributed by atoms with van der Waals surface area (Å²) in [4.78, 5) is 15.1. The van der Waals surface area contributed by atoms with Gasteiger partial charge in [0.05, 0.1) is 11.5 Å². The van der Waals surface area contributed by atoms with E-state index in [4.69, 9.17) is 0 Å². The molecule has 3 nitrogen and oxygen atoms in total. The van der Waals surface area contributed by atoms with Crippen LogP contribution in [0.3, 0.4) is 0 Å². The van der Waals surface area contributed by atoms with Crippen molar-refractivity contribution >= 4 is 17.2 Å². The maximum absolute atomic E-state index is 12.6. The molecule has 1 amide bonds. The fraction of sp³-hybridized carbons (Fsp3) is 0.667. The summed E-state index contributed by atoms with van der Waals surface area (Å²) < 4.78 is 0. The van der Waals surface area contributed by atoms with Crippen LogP contribution in [0.5, 0.6) is 0 Å². The lowest BCUT2D eigenvalue weighted by Crippen LogP contribution is -2.43. The van der Waals surface area contributed by atoms with Gasteiger partial charge in [-0.05, 0) is 45.4 Å². The van der Waals surface area contributed by atoms with Crippen LogP contribution in [0.4, 0.5) is 0 Å². The Morgan fingerprint density at radius 1 is 1.58 bits per heavy atom. The molecular formula is C15H24N2OS. The van der Waals surface area contributed by atoms with Crippen molar-refractivity contribution < 1.29 is 4.79 Å². The summed E-state index contributed by atoms with van der Waals surface area (Å²) in [5, 5.41) is 6.55. The van der Waals surface area contributed by atoms with E-state index in [1.54, 1.807) is 11.3 Å². The van der Waals surface area contributed by atoms with Gasteiger partial charge in [0.2, 0.25) is 5.91 Å². The summed E-state index contributed by atoms with van der Waals surface area (Å²) in [6.45, 7) is 8.11. The normalized spacial score (nSPS) is 24.4. The van der Waals surface area contributed by atoms with Crippen LogP contribution in [0.15, 0.2) is 12.1 Å². The highest BCUT2D eigenvalue weighted by molar-refractivity contribution is 7.12. The molecular weight excluding hydrogens is 256 g/mol. The van der Waals surface area contributed by atoms with Gasteiger partial charge >= 0.3 is 0 Å². The third kappa shape index (κ3) is 3.18. The van der Waals surface area contributed by atoms with E-state index in [9.17, 15) is 4.79 Å². The fourth-order valence-corrected chi connectivity index (χ4v) is 3.73. The monoisotopic (exact) mass is 280 g/mol.